The molecule has 0 fully saturated rings. The number of carbonyl (C=O) groups excluding carboxylic acids is 1. The quantitative estimate of drug-likeness (QED) is 0.659. The fraction of sp³-hybridized carbons (Fsp3) is 0.176. The van der Waals surface area contributed by atoms with Crippen LogP contribution >= 0.6 is 0 Å². The highest BCUT2D eigenvalue weighted by Crippen LogP contribution is 2.05. The lowest BCUT2D eigenvalue weighted by Crippen LogP contribution is -2.25. The van der Waals surface area contributed by atoms with Crippen molar-refractivity contribution in [1.82, 2.24) is 5.32 Å². The second kappa shape index (κ2) is 7.93. The monoisotopic (exact) mass is 300 g/mol. The van der Waals surface area contributed by atoms with Gasteiger partial charge in [0.1, 0.15) is 12.9 Å². The number of rotatable bonds is 6. The number of hydrogen-bond donors (Lipinski definition) is 1. The Morgan fingerprint density at radius 3 is 2.50 bits per heavy atom. The predicted octanol–water partition coefficient (Wildman–Crippen LogP) is 2.78. The summed E-state index contributed by atoms with van der Waals surface area (Å²) in [5.41, 5.74) is 2.41. The Morgan fingerprint density at radius 1 is 1.18 bits per heavy atom. The van der Waals surface area contributed by atoms with E-state index >= 15 is 0 Å². The molecule has 0 bridgehead atoms. The first kappa shape index (κ1) is 15.7. The van der Waals surface area contributed by atoms with Crippen molar-refractivity contribution in [2.75, 3.05) is 13.7 Å². The van der Waals surface area contributed by atoms with Gasteiger partial charge in [0.2, 0.25) is 0 Å². The molecule has 0 spiro atoms. The van der Waals surface area contributed by atoms with Gasteiger partial charge >= 0.3 is 0 Å². The summed E-state index contributed by atoms with van der Waals surface area (Å²) >= 11 is 0. The van der Waals surface area contributed by atoms with Gasteiger partial charge < -0.3 is 10.2 Å². The first-order valence-corrected chi connectivity index (χ1v) is 6.88. The van der Waals surface area contributed by atoms with Gasteiger partial charge in [-0.2, -0.15) is 0 Å². The highest BCUT2D eigenvalue weighted by Gasteiger charge is 2.04. The number of benzene rings is 2. The predicted molar refractivity (Wildman–Crippen MR) is 83.5 cm³/mol. The maximum absolute atomic E-state index is 12.8. The molecule has 0 aliphatic rings. The van der Waals surface area contributed by atoms with E-state index in [4.69, 9.17) is 0 Å². The summed E-state index contributed by atoms with van der Waals surface area (Å²) in [7, 11) is 1.47. The Labute approximate surface area is 128 Å². The third-order valence-electron chi connectivity index (χ3n) is 3.09. The van der Waals surface area contributed by atoms with Gasteiger partial charge in [0.25, 0.3) is 5.91 Å². The number of carbonyl (C=O) groups is 1. The van der Waals surface area contributed by atoms with E-state index in [1.807, 2.05) is 0 Å². The molecule has 2 aromatic rings. The van der Waals surface area contributed by atoms with E-state index in [2.05, 4.69) is 15.3 Å². The Kier molecular flexibility index (Phi) is 5.65. The molecular weight excluding hydrogens is 283 g/mol. The fourth-order valence-electron chi connectivity index (χ4n) is 1.91. The van der Waals surface area contributed by atoms with Gasteiger partial charge in [0, 0.05) is 12.1 Å². The lowest BCUT2D eigenvalue weighted by molar-refractivity contribution is 0.0954. The van der Waals surface area contributed by atoms with E-state index in [1.54, 1.807) is 42.6 Å². The van der Waals surface area contributed by atoms with Gasteiger partial charge in [-0.1, -0.05) is 29.4 Å². The summed E-state index contributed by atoms with van der Waals surface area (Å²) in [6.07, 6.45) is 2.22. The normalized spacial score (nSPS) is 10.6. The van der Waals surface area contributed by atoms with E-state index in [0.717, 1.165) is 11.1 Å². The smallest absolute Gasteiger partial charge is 0.251 e. The highest BCUT2D eigenvalue weighted by atomic mass is 19.1. The summed E-state index contributed by atoms with van der Waals surface area (Å²) in [6.45, 7) is 0.497. The van der Waals surface area contributed by atoms with Crippen LogP contribution < -0.4 is 5.32 Å². The van der Waals surface area contributed by atoms with Crippen molar-refractivity contribution in [2.24, 2.45) is 5.16 Å². The van der Waals surface area contributed by atoms with Crippen LogP contribution in [0.3, 0.4) is 0 Å². The van der Waals surface area contributed by atoms with Crippen LogP contribution in [0.15, 0.2) is 53.7 Å². The molecule has 22 heavy (non-hydrogen) atoms. The zero-order valence-corrected chi connectivity index (χ0v) is 12.3. The largest absolute Gasteiger partial charge is 0.399 e. The Bertz CT molecular complexity index is 637. The van der Waals surface area contributed by atoms with Gasteiger partial charge in [-0.15, -0.1) is 0 Å². The third-order valence-corrected chi connectivity index (χ3v) is 3.09. The van der Waals surface area contributed by atoms with Gasteiger partial charge in [0.05, 0.1) is 6.21 Å². The van der Waals surface area contributed by atoms with Crippen molar-refractivity contribution in [1.29, 1.82) is 0 Å². The number of oxime groups is 1. The summed E-state index contributed by atoms with van der Waals surface area (Å²) in [4.78, 5) is 16.6. The highest BCUT2D eigenvalue weighted by molar-refractivity contribution is 5.95. The fourth-order valence-corrected chi connectivity index (χ4v) is 1.91. The molecular formula is C17H17FN2O2. The average molecular weight is 300 g/mol. The maximum Gasteiger partial charge on any atom is 0.251 e. The standard InChI is InChI=1S/C17H17FN2O2/c1-22-20-12-14-2-6-15(7-3-14)17(21)19-11-10-13-4-8-16(18)9-5-13/h2-9,12H,10-11H2,1H3,(H,19,21)/b20-12+. The first-order valence-electron chi connectivity index (χ1n) is 6.88. The molecule has 0 saturated carbocycles. The topological polar surface area (TPSA) is 50.7 Å². The van der Waals surface area contributed by atoms with E-state index in [1.165, 1.54) is 19.2 Å². The molecule has 114 valence electrons. The molecule has 5 heteroatoms. The van der Waals surface area contributed by atoms with Gasteiger partial charge in [-0.25, -0.2) is 4.39 Å². The van der Waals surface area contributed by atoms with Crippen molar-refractivity contribution in [2.45, 2.75) is 6.42 Å². The summed E-state index contributed by atoms with van der Waals surface area (Å²) in [6, 6.07) is 13.3. The van der Waals surface area contributed by atoms with E-state index in [0.29, 0.717) is 18.5 Å². The zero-order chi connectivity index (χ0) is 15.8. The number of nitrogens with zero attached hydrogens (tertiary/aromatic N) is 1. The van der Waals surface area contributed by atoms with Gasteiger partial charge in [0.15, 0.2) is 0 Å². The Balaban J connectivity index is 1.84. The second-order valence-electron chi connectivity index (χ2n) is 4.67. The Hall–Kier alpha value is -2.69. The van der Waals surface area contributed by atoms with E-state index < -0.39 is 0 Å². The molecule has 0 saturated heterocycles. The minimum absolute atomic E-state index is 0.141. The summed E-state index contributed by atoms with van der Waals surface area (Å²) in [5.74, 6) is -0.401. The molecule has 0 aliphatic heterocycles. The molecule has 0 heterocycles. The molecule has 0 aromatic heterocycles. The lowest BCUT2D eigenvalue weighted by atomic mass is 10.1. The van der Waals surface area contributed by atoms with Gasteiger partial charge in [-0.05, 0) is 41.8 Å². The van der Waals surface area contributed by atoms with Crippen molar-refractivity contribution in [3.8, 4) is 0 Å². The SMILES string of the molecule is CO/N=C/c1ccc(C(=O)NCCc2ccc(F)cc2)cc1. The van der Waals surface area contributed by atoms with Crippen LogP contribution in [0.5, 0.6) is 0 Å². The second-order valence-corrected chi connectivity index (χ2v) is 4.67. The molecule has 0 atom stereocenters. The van der Waals surface area contributed by atoms with E-state index in [9.17, 15) is 9.18 Å². The first-order chi connectivity index (χ1) is 10.7. The zero-order valence-electron chi connectivity index (χ0n) is 12.3. The number of amides is 1. The van der Waals surface area contributed by atoms with Crippen LogP contribution in [0.25, 0.3) is 0 Å². The summed E-state index contributed by atoms with van der Waals surface area (Å²) in [5, 5.41) is 6.49. The minimum atomic E-state index is -0.259. The van der Waals surface area contributed by atoms with Crippen LogP contribution in [0.1, 0.15) is 21.5 Å². The molecule has 0 aliphatic carbocycles. The van der Waals surface area contributed by atoms with Gasteiger partial charge in [-0.3, -0.25) is 4.79 Å². The van der Waals surface area contributed by atoms with Crippen LogP contribution in [-0.2, 0) is 11.3 Å². The number of hydrogen-bond acceptors (Lipinski definition) is 3. The summed E-state index contributed by atoms with van der Waals surface area (Å²) < 4.78 is 12.8. The molecule has 0 radical (unpaired) electrons. The number of nitrogens with one attached hydrogen (secondary N) is 1. The molecule has 0 unspecified atom stereocenters. The van der Waals surface area contributed by atoms with Crippen molar-refractivity contribution in [3.05, 3.63) is 71.0 Å². The maximum atomic E-state index is 12.8. The van der Waals surface area contributed by atoms with Crippen molar-refractivity contribution in [3.63, 3.8) is 0 Å². The molecule has 1 amide bonds. The molecule has 1 N–H and O–H groups in total. The Morgan fingerprint density at radius 2 is 1.86 bits per heavy atom. The van der Waals surface area contributed by atoms with Crippen molar-refractivity contribution < 1.29 is 14.0 Å². The van der Waals surface area contributed by atoms with Crippen molar-refractivity contribution >= 4 is 12.1 Å². The molecule has 2 aromatic carbocycles. The van der Waals surface area contributed by atoms with E-state index in [-0.39, 0.29) is 11.7 Å². The minimum Gasteiger partial charge on any atom is -0.399 e. The third kappa shape index (κ3) is 4.70. The average Bonchev–Trinajstić information content (AvgIpc) is 2.55. The van der Waals surface area contributed by atoms with Crippen LogP contribution in [0.4, 0.5) is 4.39 Å². The molecule has 2 rings (SSSR count). The molecule has 4 nitrogen and oxygen atoms in total. The lowest BCUT2D eigenvalue weighted by Gasteiger charge is -2.06. The van der Waals surface area contributed by atoms with Crippen LogP contribution in [-0.4, -0.2) is 25.8 Å². The number of halogens is 1. The van der Waals surface area contributed by atoms with Crippen LogP contribution in [0.2, 0.25) is 0 Å². The van der Waals surface area contributed by atoms with Crippen LogP contribution in [0, 0.1) is 5.82 Å².